The Bertz CT molecular complexity index is 561. The largest absolute Gasteiger partial charge is 0.506 e. The van der Waals surface area contributed by atoms with Crippen LogP contribution in [-0.2, 0) is 15.0 Å². The van der Waals surface area contributed by atoms with Crippen molar-refractivity contribution in [3.8, 4) is 5.75 Å². The van der Waals surface area contributed by atoms with Gasteiger partial charge in [0.25, 0.3) is 0 Å². The zero-order valence-electron chi connectivity index (χ0n) is 12.0. The lowest BCUT2D eigenvalue weighted by atomic mass is 9.86. The summed E-state index contributed by atoms with van der Waals surface area (Å²) in [5.74, 6) is -1.11. The molecule has 0 aliphatic carbocycles. The van der Waals surface area contributed by atoms with Crippen LogP contribution in [-0.4, -0.2) is 23.5 Å². The number of benzene rings is 1. The molecular formula is C15H20N2O3. The van der Waals surface area contributed by atoms with Crippen LogP contribution in [0, 0.1) is 5.92 Å². The molecule has 1 aliphatic rings. The molecule has 1 unspecified atom stereocenters. The second-order valence-electron chi connectivity index (χ2n) is 6.26. The van der Waals surface area contributed by atoms with Crippen molar-refractivity contribution in [1.29, 1.82) is 0 Å². The molecule has 0 spiro atoms. The normalized spacial score (nSPS) is 19.4. The maximum Gasteiger partial charge on any atom is 0.227 e. The van der Waals surface area contributed by atoms with Gasteiger partial charge in [0.15, 0.2) is 0 Å². The van der Waals surface area contributed by atoms with Gasteiger partial charge in [-0.3, -0.25) is 9.59 Å². The number of amides is 2. The van der Waals surface area contributed by atoms with Crippen LogP contribution in [0.15, 0.2) is 18.2 Å². The van der Waals surface area contributed by atoms with E-state index in [-0.39, 0.29) is 30.0 Å². The van der Waals surface area contributed by atoms with Gasteiger partial charge in [0.1, 0.15) is 5.75 Å². The van der Waals surface area contributed by atoms with Gasteiger partial charge in [-0.1, -0.05) is 26.8 Å². The zero-order valence-corrected chi connectivity index (χ0v) is 12.0. The Labute approximate surface area is 118 Å². The van der Waals surface area contributed by atoms with Gasteiger partial charge in [-0.2, -0.15) is 0 Å². The maximum atomic E-state index is 12.0. The van der Waals surface area contributed by atoms with Gasteiger partial charge >= 0.3 is 0 Å². The summed E-state index contributed by atoms with van der Waals surface area (Å²) < 4.78 is 0. The van der Waals surface area contributed by atoms with Gasteiger partial charge < -0.3 is 15.7 Å². The molecule has 1 heterocycles. The van der Waals surface area contributed by atoms with Gasteiger partial charge in [-0.05, 0) is 23.1 Å². The van der Waals surface area contributed by atoms with Crippen LogP contribution in [0.2, 0.25) is 0 Å². The van der Waals surface area contributed by atoms with Crippen LogP contribution in [0.3, 0.4) is 0 Å². The summed E-state index contributed by atoms with van der Waals surface area (Å²) in [6.07, 6.45) is 0.106. The summed E-state index contributed by atoms with van der Waals surface area (Å²) in [5, 5.41) is 9.99. The van der Waals surface area contributed by atoms with Gasteiger partial charge in [0.2, 0.25) is 11.8 Å². The molecule has 1 aromatic rings. The van der Waals surface area contributed by atoms with E-state index >= 15 is 0 Å². The monoisotopic (exact) mass is 276 g/mol. The summed E-state index contributed by atoms with van der Waals surface area (Å²) in [7, 11) is 0. The average molecular weight is 276 g/mol. The quantitative estimate of drug-likeness (QED) is 0.859. The van der Waals surface area contributed by atoms with Gasteiger partial charge in [-0.25, -0.2) is 0 Å². The highest BCUT2D eigenvalue weighted by Gasteiger charge is 2.35. The number of carbonyl (C=O) groups excluding carboxylic acids is 2. The minimum absolute atomic E-state index is 0.0384. The Morgan fingerprint density at radius 2 is 2.05 bits per heavy atom. The highest BCUT2D eigenvalue weighted by molar-refractivity contribution is 6.01. The second-order valence-corrected chi connectivity index (χ2v) is 6.26. The summed E-state index contributed by atoms with van der Waals surface area (Å²) in [4.78, 5) is 24.7. The van der Waals surface area contributed by atoms with E-state index in [0.717, 1.165) is 5.56 Å². The van der Waals surface area contributed by atoms with Crippen molar-refractivity contribution in [2.24, 2.45) is 11.7 Å². The Morgan fingerprint density at radius 3 is 2.55 bits per heavy atom. The van der Waals surface area contributed by atoms with Crippen molar-refractivity contribution >= 4 is 17.5 Å². The lowest BCUT2D eigenvalue weighted by Crippen LogP contribution is -2.28. The second kappa shape index (κ2) is 4.81. The van der Waals surface area contributed by atoms with Crippen LogP contribution in [0.1, 0.15) is 32.8 Å². The maximum absolute atomic E-state index is 12.0. The molecule has 0 bridgehead atoms. The molecule has 20 heavy (non-hydrogen) atoms. The first kappa shape index (κ1) is 14.4. The van der Waals surface area contributed by atoms with E-state index < -0.39 is 11.8 Å². The topological polar surface area (TPSA) is 83.6 Å². The van der Waals surface area contributed by atoms with E-state index in [0.29, 0.717) is 5.69 Å². The fourth-order valence-corrected chi connectivity index (χ4v) is 2.34. The first-order valence-corrected chi connectivity index (χ1v) is 6.63. The molecular weight excluding hydrogens is 256 g/mol. The fourth-order valence-electron chi connectivity index (χ4n) is 2.34. The number of hydrogen-bond donors (Lipinski definition) is 2. The predicted molar refractivity (Wildman–Crippen MR) is 76.5 cm³/mol. The molecule has 1 atom stereocenters. The third-order valence-corrected chi connectivity index (χ3v) is 3.66. The van der Waals surface area contributed by atoms with E-state index in [1.54, 1.807) is 12.1 Å². The summed E-state index contributed by atoms with van der Waals surface area (Å²) >= 11 is 0. The average Bonchev–Trinajstić information content (AvgIpc) is 2.70. The Kier molecular flexibility index (Phi) is 3.46. The molecule has 5 nitrogen and oxygen atoms in total. The van der Waals surface area contributed by atoms with Crippen molar-refractivity contribution in [2.45, 2.75) is 32.6 Å². The number of hydrogen-bond acceptors (Lipinski definition) is 3. The van der Waals surface area contributed by atoms with Gasteiger partial charge in [-0.15, -0.1) is 0 Å². The van der Waals surface area contributed by atoms with E-state index in [2.05, 4.69) is 20.8 Å². The molecule has 1 fully saturated rings. The highest BCUT2D eigenvalue weighted by atomic mass is 16.3. The first-order chi connectivity index (χ1) is 9.20. The van der Waals surface area contributed by atoms with Gasteiger partial charge in [0.05, 0.1) is 11.6 Å². The Hall–Kier alpha value is -2.04. The molecule has 0 aromatic heterocycles. The molecule has 108 valence electrons. The van der Waals surface area contributed by atoms with E-state index in [4.69, 9.17) is 5.73 Å². The number of primary amides is 1. The smallest absolute Gasteiger partial charge is 0.227 e. The van der Waals surface area contributed by atoms with Crippen molar-refractivity contribution in [3.63, 3.8) is 0 Å². The van der Waals surface area contributed by atoms with Crippen LogP contribution in [0.4, 0.5) is 5.69 Å². The van der Waals surface area contributed by atoms with Crippen molar-refractivity contribution in [3.05, 3.63) is 23.8 Å². The predicted octanol–water partition coefficient (Wildman–Crippen LogP) is 1.53. The number of anilines is 1. The molecule has 2 rings (SSSR count). The van der Waals surface area contributed by atoms with Crippen LogP contribution in [0.25, 0.3) is 0 Å². The molecule has 5 heteroatoms. The van der Waals surface area contributed by atoms with Crippen LogP contribution >= 0.6 is 0 Å². The number of nitrogens with two attached hydrogens (primary N) is 1. The number of phenolic OH excluding ortho intramolecular Hbond substituents is 1. The van der Waals surface area contributed by atoms with E-state index in [1.165, 1.54) is 4.90 Å². The minimum Gasteiger partial charge on any atom is -0.506 e. The molecule has 2 amide bonds. The zero-order chi connectivity index (χ0) is 15.1. The SMILES string of the molecule is CC(C)(C)c1ccc(O)c(N2CC(C(N)=O)CC2=O)c1. The third kappa shape index (κ3) is 2.61. The van der Waals surface area contributed by atoms with Crippen LogP contribution in [0.5, 0.6) is 5.75 Å². The molecule has 0 saturated carbocycles. The minimum atomic E-state index is -0.486. The van der Waals surface area contributed by atoms with E-state index in [1.807, 2.05) is 6.07 Å². The number of carbonyl (C=O) groups is 2. The lowest BCUT2D eigenvalue weighted by Gasteiger charge is -2.23. The number of rotatable bonds is 2. The standard InChI is InChI=1S/C15H20N2O3/c1-15(2,3)10-4-5-12(18)11(7-10)17-8-9(14(16)20)6-13(17)19/h4-5,7,9,18H,6,8H2,1-3H3,(H2,16,20). The van der Waals surface area contributed by atoms with E-state index in [9.17, 15) is 14.7 Å². The summed E-state index contributed by atoms with van der Waals surface area (Å²) in [5.41, 5.74) is 6.63. The lowest BCUT2D eigenvalue weighted by molar-refractivity contribution is -0.123. The molecule has 3 N–H and O–H groups in total. The van der Waals surface area contributed by atoms with Crippen molar-refractivity contribution in [2.75, 3.05) is 11.4 Å². The number of aromatic hydroxyl groups is 1. The fraction of sp³-hybridized carbons (Fsp3) is 0.467. The third-order valence-electron chi connectivity index (χ3n) is 3.66. The molecule has 0 radical (unpaired) electrons. The number of nitrogens with zero attached hydrogens (tertiary/aromatic N) is 1. The molecule has 1 aromatic carbocycles. The summed E-state index contributed by atoms with van der Waals surface area (Å²) in [6.45, 7) is 6.40. The Balaban J connectivity index is 2.38. The Morgan fingerprint density at radius 1 is 1.40 bits per heavy atom. The number of phenols is 1. The van der Waals surface area contributed by atoms with Crippen molar-refractivity contribution in [1.82, 2.24) is 0 Å². The van der Waals surface area contributed by atoms with Crippen LogP contribution < -0.4 is 10.6 Å². The molecule has 1 saturated heterocycles. The first-order valence-electron chi connectivity index (χ1n) is 6.63. The summed E-state index contributed by atoms with van der Waals surface area (Å²) in [6, 6.07) is 5.22. The van der Waals surface area contributed by atoms with Crippen molar-refractivity contribution < 1.29 is 14.7 Å². The molecule has 1 aliphatic heterocycles. The van der Waals surface area contributed by atoms with Gasteiger partial charge in [0, 0.05) is 13.0 Å². The highest BCUT2D eigenvalue weighted by Crippen LogP contribution is 2.36.